The van der Waals surface area contributed by atoms with E-state index in [1.807, 2.05) is 0 Å². The number of carbonyl (C=O) groups is 1. The Labute approximate surface area is 101 Å². The summed E-state index contributed by atoms with van der Waals surface area (Å²) in [5.74, 6) is -1.13. The van der Waals surface area contributed by atoms with Crippen molar-refractivity contribution in [3.63, 3.8) is 0 Å². The van der Waals surface area contributed by atoms with E-state index in [1.165, 1.54) is 6.07 Å². The number of hydrogen-bond acceptors (Lipinski definition) is 3. The second-order valence-electron chi connectivity index (χ2n) is 3.30. The maximum atomic E-state index is 13.1. The zero-order valence-electron chi connectivity index (χ0n) is 8.41. The molecule has 6 heteroatoms. The zero-order valence-corrected chi connectivity index (χ0v) is 10.00. The van der Waals surface area contributed by atoms with Gasteiger partial charge in [-0.25, -0.2) is 4.39 Å². The standard InChI is InChI=1S/C10H12BrFN2O2/c11-7-2-1-6(3-8(7)12)4-14-5-9(15)10(13)16/h1-3,9,14-15H,4-5H2,(H2,13,16). The van der Waals surface area contributed by atoms with Crippen LogP contribution in [-0.4, -0.2) is 23.7 Å². The molecule has 0 aromatic heterocycles. The number of benzene rings is 1. The average molecular weight is 291 g/mol. The molecule has 1 unspecified atom stereocenters. The van der Waals surface area contributed by atoms with Crippen LogP contribution in [0.5, 0.6) is 0 Å². The molecule has 1 rings (SSSR count). The number of primary amides is 1. The SMILES string of the molecule is NC(=O)C(O)CNCc1ccc(Br)c(F)c1. The molecule has 1 atom stereocenters. The highest BCUT2D eigenvalue weighted by Gasteiger charge is 2.09. The molecule has 0 aliphatic heterocycles. The Bertz CT molecular complexity index is 387. The van der Waals surface area contributed by atoms with E-state index in [0.717, 1.165) is 5.56 Å². The predicted octanol–water partition coefficient (Wildman–Crippen LogP) is 0.524. The molecule has 0 aliphatic rings. The van der Waals surface area contributed by atoms with Gasteiger partial charge >= 0.3 is 0 Å². The van der Waals surface area contributed by atoms with E-state index in [-0.39, 0.29) is 12.4 Å². The van der Waals surface area contributed by atoms with Gasteiger partial charge in [-0.05, 0) is 33.6 Å². The van der Waals surface area contributed by atoms with Crippen molar-refractivity contribution in [3.8, 4) is 0 Å². The molecule has 0 aliphatic carbocycles. The summed E-state index contributed by atoms with van der Waals surface area (Å²) < 4.78 is 13.5. The van der Waals surface area contributed by atoms with Crippen LogP contribution in [0.3, 0.4) is 0 Å². The van der Waals surface area contributed by atoms with Crippen LogP contribution in [0.4, 0.5) is 4.39 Å². The molecule has 0 fully saturated rings. The van der Waals surface area contributed by atoms with Crippen molar-refractivity contribution in [1.82, 2.24) is 5.32 Å². The fourth-order valence-corrected chi connectivity index (χ4v) is 1.35. The number of carbonyl (C=O) groups excluding carboxylic acids is 1. The minimum atomic E-state index is -1.22. The molecule has 1 amide bonds. The van der Waals surface area contributed by atoms with Gasteiger partial charge in [-0.3, -0.25) is 4.79 Å². The third-order valence-electron chi connectivity index (χ3n) is 1.98. The van der Waals surface area contributed by atoms with Gasteiger partial charge in [0.05, 0.1) is 4.47 Å². The molecule has 0 spiro atoms. The first-order valence-electron chi connectivity index (χ1n) is 4.62. The second-order valence-corrected chi connectivity index (χ2v) is 4.15. The predicted molar refractivity (Wildman–Crippen MR) is 61.0 cm³/mol. The summed E-state index contributed by atoms with van der Waals surface area (Å²) in [7, 11) is 0. The summed E-state index contributed by atoms with van der Waals surface area (Å²) in [6, 6.07) is 4.70. The molecule has 1 aromatic rings. The monoisotopic (exact) mass is 290 g/mol. The van der Waals surface area contributed by atoms with E-state index >= 15 is 0 Å². The van der Waals surface area contributed by atoms with E-state index in [2.05, 4.69) is 21.2 Å². The quantitative estimate of drug-likeness (QED) is 0.740. The number of nitrogens with one attached hydrogen (secondary N) is 1. The van der Waals surface area contributed by atoms with Crippen LogP contribution in [0.15, 0.2) is 22.7 Å². The largest absolute Gasteiger partial charge is 0.382 e. The van der Waals surface area contributed by atoms with E-state index < -0.39 is 12.0 Å². The van der Waals surface area contributed by atoms with Crippen molar-refractivity contribution in [2.75, 3.05) is 6.54 Å². The lowest BCUT2D eigenvalue weighted by Gasteiger charge is -2.08. The van der Waals surface area contributed by atoms with Crippen LogP contribution >= 0.6 is 15.9 Å². The van der Waals surface area contributed by atoms with Gasteiger partial charge in [0.2, 0.25) is 5.91 Å². The molecule has 0 heterocycles. The number of rotatable bonds is 5. The minimum absolute atomic E-state index is 0.0486. The van der Waals surface area contributed by atoms with E-state index in [0.29, 0.717) is 11.0 Å². The molecule has 0 bridgehead atoms. The lowest BCUT2D eigenvalue weighted by molar-refractivity contribution is -0.125. The zero-order chi connectivity index (χ0) is 12.1. The maximum absolute atomic E-state index is 13.1. The molecule has 16 heavy (non-hydrogen) atoms. The smallest absolute Gasteiger partial charge is 0.247 e. The van der Waals surface area contributed by atoms with Crippen molar-refractivity contribution in [2.45, 2.75) is 12.6 Å². The van der Waals surface area contributed by atoms with Crippen LogP contribution in [0.25, 0.3) is 0 Å². The third kappa shape index (κ3) is 3.88. The Morgan fingerprint density at radius 1 is 1.62 bits per heavy atom. The summed E-state index contributed by atoms with van der Waals surface area (Å²) in [5.41, 5.74) is 5.58. The molecular formula is C10H12BrFN2O2. The van der Waals surface area contributed by atoms with Crippen molar-refractivity contribution < 1.29 is 14.3 Å². The first-order valence-corrected chi connectivity index (χ1v) is 5.42. The minimum Gasteiger partial charge on any atom is -0.382 e. The Kier molecular flexibility index (Phi) is 4.85. The van der Waals surface area contributed by atoms with E-state index in [4.69, 9.17) is 10.8 Å². The Morgan fingerprint density at radius 2 is 2.31 bits per heavy atom. The highest BCUT2D eigenvalue weighted by Crippen LogP contribution is 2.16. The number of hydrogen-bond donors (Lipinski definition) is 3. The van der Waals surface area contributed by atoms with Crippen LogP contribution in [0.2, 0.25) is 0 Å². The van der Waals surface area contributed by atoms with Crippen molar-refractivity contribution >= 4 is 21.8 Å². The summed E-state index contributed by atoms with van der Waals surface area (Å²) in [4.78, 5) is 10.5. The van der Waals surface area contributed by atoms with Gasteiger partial charge in [-0.15, -0.1) is 0 Å². The van der Waals surface area contributed by atoms with Crippen molar-refractivity contribution in [3.05, 3.63) is 34.1 Å². The molecule has 0 radical (unpaired) electrons. The molecule has 4 N–H and O–H groups in total. The van der Waals surface area contributed by atoms with Gasteiger partial charge in [0.15, 0.2) is 0 Å². The van der Waals surface area contributed by atoms with E-state index in [9.17, 15) is 9.18 Å². The highest BCUT2D eigenvalue weighted by molar-refractivity contribution is 9.10. The van der Waals surface area contributed by atoms with Crippen LogP contribution in [0.1, 0.15) is 5.56 Å². The Hall–Kier alpha value is -0.980. The van der Waals surface area contributed by atoms with Crippen molar-refractivity contribution in [2.24, 2.45) is 5.73 Å². The fraction of sp³-hybridized carbons (Fsp3) is 0.300. The molecule has 1 aromatic carbocycles. The number of halogens is 2. The number of nitrogens with two attached hydrogens (primary N) is 1. The summed E-state index contributed by atoms with van der Waals surface area (Å²) in [6.45, 7) is 0.404. The maximum Gasteiger partial charge on any atom is 0.247 e. The number of aliphatic hydroxyl groups excluding tert-OH is 1. The van der Waals surface area contributed by atoms with Gasteiger partial charge < -0.3 is 16.2 Å². The van der Waals surface area contributed by atoms with Crippen LogP contribution in [0, 0.1) is 5.82 Å². The fourth-order valence-electron chi connectivity index (χ4n) is 1.10. The third-order valence-corrected chi connectivity index (χ3v) is 2.62. The topological polar surface area (TPSA) is 75.4 Å². The first kappa shape index (κ1) is 13.1. The lowest BCUT2D eigenvalue weighted by Crippen LogP contribution is -2.37. The molecule has 0 saturated heterocycles. The normalized spacial score (nSPS) is 12.4. The highest BCUT2D eigenvalue weighted by atomic mass is 79.9. The van der Waals surface area contributed by atoms with Gasteiger partial charge in [0.25, 0.3) is 0 Å². The summed E-state index contributed by atoms with van der Waals surface area (Å²) in [5, 5.41) is 11.9. The van der Waals surface area contributed by atoms with Gasteiger partial charge in [-0.2, -0.15) is 0 Å². The number of aliphatic hydroxyl groups is 1. The van der Waals surface area contributed by atoms with Gasteiger partial charge in [-0.1, -0.05) is 6.07 Å². The van der Waals surface area contributed by atoms with Crippen molar-refractivity contribution in [1.29, 1.82) is 0 Å². The van der Waals surface area contributed by atoms with Crippen LogP contribution < -0.4 is 11.1 Å². The van der Waals surface area contributed by atoms with E-state index in [1.54, 1.807) is 12.1 Å². The van der Waals surface area contributed by atoms with Crippen LogP contribution in [-0.2, 0) is 11.3 Å². The average Bonchev–Trinajstić information content (AvgIpc) is 2.23. The Balaban J connectivity index is 2.43. The summed E-state index contributed by atoms with van der Waals surface area (Å²) >= 11 is 3.04. The molecule has 88 valence electrons. The molecular weight excluding hydrogens is 279 g/mol. The summed E-state index contributed by atoms with van der Waals surface area (Å²) in [6.07, 6.45) is -1.22. The number of amides is 1. The Morgan fingerprint density at radius 3 is 2.88 bits per heavy atom. The molecule has 0 saturated carbocycles. The molecule has 4 nitrogen and oxygen atoms in total. The second kappa shape index (κ2) is 5.93. The van der Waals surface area contributed by atoms with Gasteiger partial charge in [0.1, 0.15) is 11.9 Å². The lowest BCUT2D eigenvalue weighted by atomic mass is 10.2. The first-order chi connectivity index (χ1) is 7.50. The van der Waals surface area contributed by atoms with Gasteiger partial charge in [0, 0.05) is 13.1 Å².